The molecule has 0 aliphatic carbocycles. The summed E-state index contributed by atoms with van der Waals surface area (Å²) < 4.78 is 55.2. The Labute approximate surface area is 183 Å². The number of nitrogens with zero attached hydrogens (tertiary/aromatic N) is 2. The number of halogens is 6. The van der Waals surface area contributed by atoms with Gasteiger partial charge in [0.15, 0.2) is 11.6 Å². The quantitative estimate of drug-likeness (QED) is 0.661. The van der Waals surface area contributed by atoms with Gasteiger partial charge in [-0.2, -0.15) is 5.26 Å². The van der Waals surface area contributed by atoms with Gasteiger partial charge in [0.25, 0.3) is 0 Å². The Morgan fingerprint density at radius 2 is 1.70 bits per heavy atom. The van der Waals surface area contributed by atoms with E-state index in [1.165, 1.54) is 30.3 Å². The molecule has 1 atom stereocenters. The minimum atomic E-state index is -4.80. The summed E-state index contributed by atoms with van der Waals surface area (Å²) in [6, 6.07) is 8.75. The van der Waals surface area contributed by atoms with Gasteiger partial charge in [0.1, 0.15) is 5.75 Å². The van der Waals surface area contributed by atoms with Crippen LogP contribution in [0.2, 0.25) is 0 Å². The van der Waals surface area contributed by atoms with Gasteiger partial charge in [0, 0.05) is 31.7 Å². The van der Waals surface area contributed by atoms with Gasteiger partial charge in [-0.15, -0.1) is 38.0 Å². The Balaban J connectivity index is 0.00000225. The fraction of sp³-hybridized carbons (Fsp3) is 0.316. The van der Waals surface area contributed by atoms with Gasteiger partial charge < -0.3 is 15.2 Å². The molecule has 2 N–H and O–H groups in total. The highest BCUT2D eigenvalue weighted by atomic mass is 35.5. The van der Waals surface area contributed by atoms with E-state index < -0.39 is 24.0 Å². The van der Waals surface area contributed by atoms with Crippen LogP contribution in [0.1, 0.15) is 22.7 Å². The van der Waals surface area contributed by atoms with Crippen LogP contribution < -0.4 is 10.1 Å². The van der Waals surface area contributed by atoms with Crippen molar-refractivity contribution in [3.05, 3.63) is 58.9 Å². The summed E-state index contributed by atoms with van der Waals surface area (Å²) in [5.74, 6) is -1.89. The highest BCUT2D eigenvalue weighted by molar-refractivity contribution is 5.85. The number of hydrogen-bond acceptors (Lipinski definition) is 5. The monoisotopic (exact) mass is 467 g/mol. The van der Waals surface area contributed by atoms with E-state index in [1.807, 2.05) is 11.0 Å². The van der Waals surface area contributed by atoms with Crippen molar-refractivity contribution in [1.82, 2.24) is 10.2 Å². The minimum Gasteiger partial charge on any atom is -0.505 e. The van der Waals surface area contributed by atoms with Crippen LogP contribution in [0.25, 0.3) is 0 Å². The largest absolute Gasteiger partial charge is 0.573 e. The molecule has 0 bridgehead atoms. The van der Waals surface area contributed by atoms with E-state index in [2.05, 4.69) is 10.1 Å². The number of nitriles is 1. The number of hydrogen-bond donors (Lipinski definition) is 2. The molecule has 0 spiro atoms. The van der Waals surface area contributed by atoms with E-state index >= 15 is 0 Å². The van der Waals surface area contributed by atoms with Gasteiger partial charge in [-0.05, 0) is 29.8 Å². The van der Waals surface area contributed by atoms with Crippen LogP contribution in [0.3, 0.4) is 0 Å². The Hall–Kier alpha value is -2.25. The summed E-state index contributed by atoms with van der Waals surface area (Å²) in [6.45, 7) is 2.46. The predicted octanol–water partition coefficient (Wildman–Crippen LogP) is 4.14. The third kappa shape index (κ3) is 6.12. The summed E-state index contributed by atoms with van der Waals surface area (Å²) >= 11 is 0. The number of benzene rings is 2. The molecule has 1 aliphatic rings. The molecule has 0 amide bonds. The molecule has 1 fully saturated rings. The summed E-state index contributed by atoms with van der Waals surface area (Å²) in [5, 5.41) is 22.6. The number of alkyl halides is 3. The van der Waals surface area contributed by atoms with Gasteiger partial charge >= 0.3 is 6.36 Å². The van der Waals surface area contributed by atoms with Crippen molar-refractivity contribution in [1.29, 1.82) is 5.26 Å². The molecule has 0 aromatic heterocycles. The van der Waals surface area contributed by atoms with Gasteiger partial charge in [-0.3, -0.25) is 4.90 Å². The van der Waals surface area contributed by atoms with Crippen LogP contribution >= 0.6 is 24.8 Å². The summed E-state index contributed by atoms with van der Waals surface area (Å²) in [5.41, 5.74) is 0.770. The zero-order valence-electron chi connectivity index (χ0n) is 15.4. The number of phenolic OH excluding ortho intramolecular Hbond substituents is 1. The van der Waals surface area contributed by atoms with E-state index in [-0.39, 0.29) is 41.7 Å². The number of phenols is 1. The lowest BCUT2D eigenvalue weighted by Crippen LogP contribution is -2.45. The molecule has 3 rings (SSSR count). The molecule has 30 heavy (non-hydrogen) atoms. The van der Waals surface area contributed by atoms with Crippen LogP contribution in [-0.2, 0) is 0 Å². The molecule has 164 valence electrons. The molecular weight excluding hydrogens is 449 g/mol. The predicted molar refractivity (Wildman–Crippen MR) is 107 cm³/mol. The van der Waals surface area contributed by atoms with Crippen LogP contribution in [0.15, 0.2) is 36.4 Å². The zero-order chi connectivity index (χ0) is 20.3. The van der Waals surface area contributed by atoms with Crippen LogP contribution in [0.4, 0.5) is 17.6 Å². The lowest BCUT2D eigenvalue weighted by molar-refractivity contribution is -0.274. The average molecular weight is 468 g/mol. The Kier molecular flexibility index (Phi) is 9.18. The highest BCUT2D eigenvalue weighted by Gasteiger charge is 2.32. The van der Waals surface area contributed by atoms with Crippen LogP contribution in [0.5, 0.6) is 11.5 Å². The number of piperazine rings is 1. The van der Waals surface area contributed by atoms with Gasteiger partial charge in [-0.1, -0.05) is 12.1 Å². The summed E-state index contributed by atoms with van der Waals surface area (Å²) in [6.07, 6.45) is -4.80. The molecule has 5 nitrogen and oxygen atoms in total. The molecule has 0 saturated carbocycles. The topological polar surface area (TPSA) is 68.5 Å². The van der Waals surface area contributed by atoms with Crippen LogP contribution in [-0.4, -0.2) is 42.5 Å². The second-order valence-electron chi connectivity index (χ2n) is 6.31. The zero-order valence-corrected chi connectivity index (χ0v) is 17.1. The van der Waals surface area contributed by atoms with Crippen LogP contribution in [0, 0.1) is 17.1 Å². The molecular formula is C19H19Cl2F4N3O2. The molecule has 2 aromatic rings. The normalized spacial score (nSPS) is 15.3. The van der Waals surface area contributed by atoms with E-state index in [1.54, 1.807) is 0 Å². The molecule has 1 heterocycles. The number of ether oxygens (including phenoxy) is 1. The SMILES string of the molecule is Cl.Cl.N#Cc1cc(F)c(O)c([C@@H](c2ccc(OC(F)(F)F)cc2)N2CCNCC2)c1. The number of aromatic hydroxyl groups is 1. The smallest absolute Gasteiger partial charge is 0.505 e. The Bertz CT molecular complexity index is 883. The van der Waals surface area contributed by atoms with Crippen molar-refractivity contribution in [2.45, 2.75) is 12.4 Å². The number of rotatable bonds is 4. The fourth-order valence-electron chi connectivity index (χ4n) is 3.27. The maximum absolute atomic E-state index is 14.1. The van der Waals surface area contributed by atoms with Gasteiger partial charge in [-0.25, -0.2) is 4.39 Å². The second-order valence-corrected chi connectivity index (χ2v) is 6.31. The maximum atomic E-state index is 14.1. The molecule has 1 saturated heterocycles. The fourth-order valence-corrected chi connectivity index (χ4v) is 3.27. The molecule has 0 radical (unpaired) electrons. The first-order valence-electron chi connectivity index (χ1n) is 8.51. The van der Waals surface area contributed by atoms with Crippen molar-refractivity contribution >= 4 is 24.8 Å². The van der Waals surface area contributed by atoms with Gasteiger partial charge in [0.05, 0.1) is 17.7 Å². The van der Waals surface area contributed by atoms with Crippen molar-refractivity contribution < 1.29 is 27.4 Å². The molecule has 2 aromatic carbocycles. The van der Waals surface area contributed by atoms with Crippen molar-refractivity contribution in [3.63, 3.8) is 0 Å². The highest BCUT2D eigenvalue weighted by Crippen LogP contribution is 2.37. The Morgan fingerprint density at radius 1 is 1.10 bits per heavy atom. The first-order valence-corrected chi connectivity index (χ1v) is 8.51. The van der Waals surface area contributed by atoms with Crippen molar-refractivity contribution in [2.24, 2.45) is 0 Å². The van der Waals surface area contributed by atoms with E-state index in [4.69, 9.17) is 5.26 Å². The average Bonchev–Trinajstić information content (AvgIpc) is 2.66. The summed E-state index contributed by atoms with van der Waals surface area (Å²) in [4.78, 5) is 1.96. The lowest BCUT2D eigenvalue weighted by Gasteiger charge is -2.36. The van der Waals surface area contributed by atoms with Crippen molar-refractivity contribution in [2.75, 3.05) is 26.2 Å². The first-order chi connectivity index (χ1) is 13.3. The lowest BCUT2D eigenvalue weighted by atomic mass is 9.94. The van der Waals surface area contributed by atoms with E-state index in [0.717, 1.165) is 6.07 Å². The standard InChI is InChI=1S/C19H17F4N3O2.2ClH/c20-16-10-12(11-24)9-15(18(16)27)17(26-7-5-25-6-8-26)13-1-3-14(4-2-13)28-19(21,22)23;;/h1-4,9-10,17,25,27H,5-8H2;2*1H/t17-;;/m1../s1. The second kappa shape index (κ2) is 10.7. The molecule has 0 unspecified atom stereocenters. The Morgan fingerprint density at radius 3 is 2.23 bits per heavy atom. The van der Waals surface area contributed by atoms with Gasteiger partial charge in [0.2, 0.25) is 0 Å². The minimum absolute atomic E-state index is 0. The van der Waals surface area contributed by atoms with E-state index in [0.29, 0.717) is 31.7 Å². The number of nitrogens with one attached hydrogen (secondary N) is 1. The molecule has 11 heteroatoms. The maximum Gasteiger partial charge on any atom is 0.573 e. The first kappa shape index (κ1) is 25.8. The third-order valence-electron chi connectivity index (χ3n) is 4.46. The van der Waals surface area contributed by atoms with E-state index in [9.17, 15) is 22.7 Å². The molecule has 1 aliphatic heterocycles. The third-order valence-corrected chi connectivity index (χ3v) is 4.46. The van der Waals surface area contributed by atoms with Crippen molar-refractivity contribution in [3.8, 4) is 17.6 Å². The summed E-state index contributed by atoms with van der Waals surface area (Å²) in [7, 11) is 0.